The molecule has 0 saturated heterocycles. The molecule has 0 fully saturated rings. The van der Waals surface area contributed by atoms with Crippen molar-refractivity contribution in [3.8, 4) is 33.6 Å². The molecule has 0 unspecified atom stereocenters. The lowest BCUT2D eigenvalue weighted by molar-refractivity contribution is 1.17. The first kappa shape index (κ1) is 36.8. The zero-order valence-corrected chi connectivity index (χ0v) is 35.6. The molecule has 0 saturated carbocycles. The molecule has 296 valence electrons. The van der Waals surface area contributed by atoms with Crippen LogP contribution in [0.25, 0.3) is 77.2 Å². The van der Waals surface area contributed by atoms with Gasteiger partial charge in [-0.15, -0.1) is 0 Å². The van der Waals surface area contributed by atoms with Crippen molar-refractivity contribution in [2.45, 2.75) is 0 Å². The van der Waals surface area contributed by atoms with Gasteiger partial charge in [0.1, 0.15) is 0 Å². The Bertz CT molecular complexity index is 3500. The van der Waals surface area contributed by atoms with Crippen LogP contribution in [0.3, 0.4) is 0 Å². The second kappa shape index (κ2) is 15.2. The van der Waals surface area contributed by atoms with E-state index in [9.17, 15) is 0 Å². The zero-order chi connectivity index (χ0) is 41.7. The lowest BCUT2D eigenvalue weighted by Gasteiger charge is -2.35. The van der Waals surface area contributed by atoms with Gasteiger partial charge in [-0.25, -0.2) is 0 Å². The van der Waals surface area contributed by atoms with E-state index in [0.717, 1.165) is 11.4 Å². The number of nitrogens with zero attached hydrogens (tertiary/aromatic N) is 2. The Hall–Kier alpha value is -7.98. The fourth-order valence-electron chi connectivity index (χ4n) is 10.5. The van der Waals surface area contributed by atoms with Gasteiger partial charge in [-0.05, 0) is 79.4 Å². The van der Waals surface area contributed by atoms with Gasteiger partial charge in [0, 0.05) is 27.2 Å². The summed E-state index contributed by atoms with van der Waals surface area (Å²) in [7, 11) is -3.05. The third-order valence-electron chi connectivity index (χ3n) is 13.1. The van der Waals surface area contributed by atoms with E-state index in [1.165, 1.54) is 86.6 Å². The van der Waals surface area contributed by atoms with Gasteiger partial charge in [0.15, 0.2) is 8.07 Å². The minimum atomic E-state index is -3.05. The number of hydrogen-bond donors (Lipinski definition) is 0. The van der Waals surface area contributed by atoms with Crippen LogP contribution in [0.1, 0.15) is 0 Å². The summed E-state index contributed by atoms with van der Waals surface area (Å²) in [5.74, 6) is 0. The molecule has 12 aromatic rings. The maximum Gasteiger partial charge on any atom is 0.181 e. The van der Waals surface area contributed by atoms with Gasteiger partial charge in [-0.3, -0.25) is 0 Å². The van der Waals surface area contributed by atoms with Crippen molar-refractivity contribution in [3.05, 3.63) is 255 Å². The van der Waals surface area contributed by atoms with E-state index in [4.69, 9.17) is 0 Å². The highest BCUT2D eigenvalue weighted by molar-refractivity contribution is 7.20. The smallest absolute Gasteiger partial charge is 0.181 e. The monoisotopic (exact) mass is 818 g/mol. The van der Waals surface area contributed by atoms with E-state index in [1.807, 2.05) is 0 Å². The molecule has 0 aliphatic rings. The van der Waals surface area contributed by atoms with Crippen LogP contribution >= 0.6 is 0 Å². The van der Waals surface area contributed by atoms with Crippen molar-refractivity contribution in [1.29, 1.82) is 0 Å². The Morgan fingerprint density at radius 1 is 0.302 bits per heavy atom. The van der Waals surface area contributed by atoms with Crippen LogP contribution in [-0.2, 0) is 0 Å². The molecule has 63 heavy (non-hydrogen) atoms. The molecule has 0 amide bonds. The van der Waals surface area contributed by atoms with Gasteiger partial charge in [-0.2, -0.15) is 0 Å². The Morgan fingerprint density at radius 2 is 0.762 bits per heavy atom. The van der Waals surface area contributed by atoms with Crippen LogP contribution in [-0.4, -0.2) is 17.2 Å². The summed E-state index contributed by atoms with van der Waals surface area (Å²) in [6, 6.07) is 94.4. The second-order valence-electron chi connectivity index (χ2n) is 16.4. The van der Waals surface area contributed by atoms with Crippen LogP contribution in [0.2, 0.25) is 0 Å². The first-order valence-electron chi connectivity index (χ1n) is 21.8. The molecular formula is C60H42N2Si. The highest BCUT2D eigenvalue weighted by Crippen LogP contribution is 2.43. The van der Waals surface area contributed by atoms with Crippen molar-refractivity contribution in [1.82, 2.24) is 9.13 Å². The summed E-state index contributed by atoms with van der Waals surface area (Å²) >= 11 is 0. The number of aromatic nitrogens is 2. The van der Waals surface area contributed by atoms with E-state index in [1.54, 1.807) is 0 Å². The minimum absolute atomic E-state index is 1.14. The molecule has 2 aromatic heterocycles. The summed E-state index contributed by atoms with van der Waals surface area (Å²) in [4.78, 5) is 0. The molecule has 10 aromatic carbocycles. The average molecular weight is 819 g/mol. The molecule has 0 aliphatic heterocycles. The Kier molecular flexibility index (Phi) is 8.87. The van der Waals surface area contributed by atoms with Gasteiger partial charge in [0.05, 0.1) is 27.8 Å². The van der Waals surface area contributed by atoms with Gasteiger partial charge < -0.3 is 9.13 Å². The fraction of sp³-hybridized carbons (Fsp3) is 0. The van der Waals surface area contributed by atoms with Gasteiger partial charge in [0.2, 0.25) is 0 Å². The Balaban J connectivity index is 1.27. The van der Waals surface area contributed by atoms with Crippen LogP contribution in [0.4, 0.5) is 0 Å². The third-order valence-corrected chi connectivity index (χ3v) is 17.9. The van der Waals surface area contributed by atoms with Crippen molar-refractivity contribution in [2.24, 2.45) is 0 Å². The molecule has 0 spiro atoms. The van der Waals surface area contributed by atoms with E-state index in [-0.39, 0.29) is 0 Å². The molecule has 0 aliphatic carbocycles. The van der Waals surface area contributed by atoms with E-state index in [2.05, 4.69) is 264 Å². The minimum Gasteiger partial charge on any atom is -0.309 e. The summed E-state index contributed by atoms with van der Waals surface area (Å²) < 4.78 is 5.09. The highest BCUT2D eigenvalue weighted by Gasteiger charge is 2.44. The van der Waals surface area contributed by atoms with Crippen LogP contribution in [0.15, 0.2) is 255 Å². The number of para-hydroxylation sites is 2. The quantitative estimate of drug-likeness (QED) is 0.107. The van der Waals surface area contributed by atoms with Crippen molar-refractivity contribution in [2.75, 3.05) is 0 Å². The second-order valence-corrected chi connectivity index (χ2v) is 20.2. The highest BCUT2D eigenvalue weighted by atomic mass is 28.3. The number of fused-ring (bicyclic) bond motifs is 6. The number of rotatable bonds is 8. The maximum absolute atomic E-state index is 3.05. The first-order valence-corrected chi connectivity index (χ1v) is 23.8. The zero-order valence-electron chi connectivity index (χ0n) is 34.6. The predicted octanol–water partition coefficient (Wildman–Crippen LogP) is 12.6. The standard InChI is InChI=1S/C60H42N2Si/c1-6-22-43(23-7-1)45-26-20-27-46(42-45)61-53-36-18-17-35-52(53)59-55(61)38-21-39-56(59)62-54-37-19-16-34-51(54)58-50(44-24-8-2-9-25-44)40-41-57(60(58)62)63(47-28-10-3-11-29-47,48-30-12-4-13-31-48)49-32-14-5-15-33-49/h1-42H. The molecular weight excluding hydrogens is 777 g/mol. The van der Waals surface area contributed by atoms with Crippen LogP contribution < -0.4 is 20.7 Å². The van der Waals surface area contributed by atoms with Crippen LogP contribution in [0, 0.1) is 0 Å². The molecule has 3 heteroatoms. The van der Waals surface area contributed by atoms with Gasteiger partial charge in [0.25, 0.3) is 0 Å². The van der Waals surface area contributed by atoms with E-state index < -0.39 is 8.07 Å². The predicted molar refractivity (Wildman–Crippen MR) is 270 cm³/mol. The molecule has 12 rings (SSSR count). The lowest BCUT2D eigenvalue weighted by atomic mass is 9.99. The fourth-order valence-corrected chi connectivity index (χ4v) is 15.4. The van der Waals surface area contributed by atoms with E-state index >= 15 is 0 Å². The molecule has 2 heterocycles. The molecule has 0 N–H and O–H groups in total. The average Bonchev–Trinajstić information content (AvgIpc) is 3.90. The number of benzene rings is 10. The summed E-state index contributed by atoms with van der Waals surface area (Å²) in [5.41, 5.74) is 11.9. The Morgan fingerprint density at radius 3 is 1.37 bits per heavy atom. The van der Waals surface area contributed by atoms with Gasteiger partial charge in [-0.1, -0.05) is 218 Å². The summed E-state index contributed by atoms with van der Waals surface area (Å²) in [6.07, 6.45) is 0. The molecule has 0 atom stereocenters. The Labute approximate surface area is 368 Å². The lowest BCUT2D eigenvalue weighted by Crippen LogP contribution is -2.75. The van der Waals surface area contributed by atoms with Crippen molar-refractivity contribution >= 4 is 72.4 Å². The maximum atomic E-state index is 2.63. The third kappa shape index (κ3) is 5.78. The van der Waals surface area contributed by atoms with Gasteiger partial charge >= 0.3 is 0 Å². The molecule has 2 nitrogen and oxygen atoms in total. The van der Waals surface area contributed by atoms with Crippen molar-refractivity contribution in [3.63, 3.8) is 0 Å². The van der Waals surface area contributed by atoms with Crippen LogP contribution in [0.5, 0.6) is 0 Å². The number of hydrogen-bond acceptors (Lipinski definition) is 0. The SMILES string of the molecule is c1ccc(-c2cccc(-n3c4ccccc4c4c(-n5c6ccccc6c6c(-c7ccccc7)ccc([Si](c7ccccc7)(c7ccccc7)c7ccccc7)c65)cccc43)c2)cc1. The summed E-state index contributed by atoms with van der Waals surface area (Å²) in [6.45, 7) is 0. The van der Waals surface area contributed by atoms with E-state index in [0.29, 0.717) is 0 Å². The molecule has 0 bridgehead atoms. The summed E-state index contributed by atoms with van der Waals surface area (Å²) in [5, 5.41) is 10.4. The van der Waals surface area contributed by atoms with Crippen molar-refractivity contribution < 1.29 is 0 Å². The normalized spacial score (nSPS) is 11.8. The largest absolute Gasteiger partial charge is 0.309 e. The topological polar surface area (TPSA) is 9.86 Å². The first-order chi connectivity index (χ1) is 31.3. The molecule has 0 radical (unpaired) electrons.